The Labute approximate surface area is 98.8 Å². The Morgan fingerprint density at radius 1 is 1.29 bits per heavy atom. The third-order valence-corrected chi connectivity index (χ3v) is 2.11. The van der Waals surface area contributed by atoms with Crippen molar-refractivity contribution < 1.29 is 4.74 Å². The zero-order valence-electron chi connectivity index (χ0n) is 9.34. The van der Waals surface area contributed by atoms with Gasteiger partial charge in [-0.25, -0.2) is 4.98 Å². The summed E-state index contributed by atoms with van der Waals surface area (Å²) in [5.41, 5.74) is 6.66. The molecule has 0 aliphatic carbocycles. The molecule has 3 N–H and O–H groups in total. The first-order valence-electron chi connectivity index (χ1n) is 5.07. The fourth-order valence-corrected chi connectivity index (χ4v) is 1.26. The van der Waals surface area contributed by atoms with Crippen molar-refractivity contribution in [2.45, 2.75) is 6.92 Å². The number of rotatable bonds is 3. The molecule has 2 heterocycles. The van der Waals surface area contributed by atoms with Gasteiger partial charge in [0.15, 0.2) is 0 Å². The number of aromatic nitrogens is 2. The molecule has 2 aromatic rings. The van der Waals surface area contributed by atoms with Gasteiger partial charge in [0.05, 0.1) is 6.20 Å². The summed E-state index contributed by atoms with van der Waals surface area (Å²) in [5.74, 6) is 0.907. The molecule has 0 aliphatic heterocycles. The van der Waals surface area contributed by atoms with Crippen molar-refractivity contribution in [2.75, 3.05) is 0 Å². The van der Waals surface area contributed by atoms with Crippen LogP contribution in [0.15, 0.2) is 36.5 Å². The van der Waals surface area contributed by atoms with Crippen molar-refractivity contribution in [1.82, 2.24) is 9.97 Å². The Hall–Kier alpha value is -2.43. The summed E-state index contributed by atoms with van der Waals surface area (Å²) in [7, 11) is 0. The van der Waals surface area contributed by atoms with Crippen molar-refractivity contribution in [1.29, 1.82) is 5.41 Å². The molecule has 86 valence electrons. The van der Waals surface area contributed by atoms with Gasteiger partial charge in [-0.15, -0.1) is 0 Å². The van der Waals surface area contributed by atoms with Crippen LogP contribution in [0, 0.1) is 12.3 Å². The number of pyridine rings is 2. The first-order valence-corrected chi connectivity index (χ1v) is 5.07. The van der Waals surface area contributed by atoms with Crippen LogP contribution in [0.3, 0.4) is 0 Å². The highest BCUT2D eigenvalue weighted by Crippen LogP contribution is 2.18. The Morgan fingerprint density at radius 2 is 2.12 bits per heavy atom. The van der Waals surface area contributed by atoms with Crippen LogP contribution in [0.1, 0.15) is 11.4 Å². The molecule has 0 spiro atoms. The van der Waals surface area contributed by atoms with E-state index in [1.807, 2.05) is 19.1 Å². The lowest BCUT2D eigenvalue weighted by Gasteiger charge is -2.05. The maximum Gasteiger partial charge on any atom is 0.219 e. The highest BCUT2D eigenvalue weighted by molar-refractivity contribution is 5.93. The SMILES string of the molecule is Cc1ccc(Oc2cccc(C(=N)N)n2)cn1. The summed E-state index contributed by atoms with van der Waals surface area (Å²) in [6.07, 6.45) is 1.62. The molecule has 0 aromatic carbocycles. The number of hydrogen-bond donors (Lipinski definition) is 2. The molecule has 0 unspecified atom stereocenters. The van der Waals surface area contributed by atoms with Gasteiger partial charge in [0.25, 0.3) is 0 Å². The van der Waals surface area contributed by atoms with Crippen molar-refractivity contribution in [2.24, 2.45) is 5.73 Å². The molecule has 0 radical (unpaired) electrons. The number of nitrogens with zero attached hydrogens (tertiary/aromatic N) is 2. The molecule has 17 heavy (non-hydrogen) atoms. The van der Waals surface area contributed by atoms with Gasteiger partial charge in [-0.05, 0) is 25.1 Å². The van der Waals surface area contributed by atoms with E-state index in [2.05, 4.69) is 9.97 Å². The number of ether oxygens (including phenoxy) is 1. The minimum absolute atomic E-state index is 0.0857. The second-order valence-corrected chi connectivity index (χ2v) is 3.51. The van der Waals surface area contributed by atoms with Crippen LogP contribution in [-0.2, 0) is 0 Å². The standard InChI is InChI=1S/C12H12N4O/c1-8-5-6-9(7-15-8)17-11-4-2-3-10(16-11)12(13)14/h2-7H,1H3,(H3,13,14). The number of nitrogen functional groups attached to an aromatic ring is 1. The van der Waals surface area contributed by atoms with Gasteiger partial charge < -0.3 is 10.5 Å². The second kappa shape index (κ2) is 4.61. The zero-order chi connectivity index (χ0) is 12.3. The van der Waals surface area contributed by atoms with Crippen LogP contribution in [0.5, 0.6) is 11.6 Å². The summed E-state index contributed by atoms with van der Waals surface area (Å²) in [5, 5.41) is 7.29. The minimum atomic E-state index is -0.0857. The van der Waals surface area contributed by atoms with Crippen LogP contribution in [0.2, 0.25) is 0 Å². The lowest BCUT2D eigenvalue weighted by Crippen LogP contribution is -2.13. The van der Waals surface area contributed by atoms with Gasteiger partial charge in [0, 0.05) is 11.8 Å². The van der Waals surface area contributed by atoms with E-state index in [0.29, 0.717) is 17.3 Å². The molecule has 5 nitrogen and oxygen atoms in total. The maximum absolute atomic E-state index is 7.29. The molecule has 0 saturated carbocycles. The number of nitrogens with one attached hydrogen (secondary N) is 1. The number of hydrogen-bond acceptors (Lipinski definition) is 4. The molecule has 2 aromatic heterocycles. The Kier molecular flexibility index (Phi) is 3.00. The van der Waals surface area contributed by atoms with Crippen molar-refractivity contribution >= 4 is 5.84 Å². The third kappa shape index (κ3) is 2.78. The summed E-state index contributed by atoms with van der Waals surface area (Å²) in [6.45, 7) is 1.90. The van der Waals surface area contributed by atoms with E-state index in [1.165, 1.54) is 0 Å². The lowest BCUT2D eigenvalue weighted by atomic mass is 10.3. The summed E-state index contributed by atoms with van der Waals surface area (Å²) in [4.78, 5) is 8.20. The molecular weight excluding hydrogens is 216 g/mol. The largest absolute Gasteiger partial charge is 0.437 e. The van der Waals surface area contributed by atoms with E-state index in [9.17, 15) is 0 Å². The van der Waals surface area contributed by atoms with Gasteiger partial charge in [-0.1, -0.05) is 6.07 Å². The molecule has 0 bridgehead atoms. The van der Waals surface area contributed by atoms with E-state index in [0.717, 1.165) is 5.69 Å². The molecule has 0 fully saturated rings. The van der Waals surface area contributed by atoms with E-state index >= 15 is 0 Å². The van der Waals surface area contributed by atoms with Gasteiger partial charge >= 0.3 is 0 Å². The second-order valence-electron chi connectivity index (χ2n) is 3.51. The first kappa shape index (κ1) is 11.1. The summed E-state index contributed by atoms with van der Waals surface area (Å²) >= 11 is 0. The summed E-state index contributed by atoms with van der Waals surface area (Å²) < 4.78 is 5.50. The molecule has 2 rings (SSSR count). The first-order chi connectivity index (χ1) is 8.15. The highest BCUT2D eigenvalue weighted by Gasteiger charge is 2.02. The quantitative estimate of drug-likeness (QED) is 0.620. The predicted molar refractivity (Wildman–Crippen MR) is 64.3 cm³/mol. The van der Waals surface area contributed by atoms with Crippen molar-refractivity contribution in [3.8, 4) is 11.6 Å². The van der Waals surface area contributed by atoms with Crippen LogP contribution >= 0.6 is 0 Å². The molecular formula is C12H12N4O. The zero-order valence-corrected chi connectivity index (χ0v) is 9.34. The molecule has 0 aliphatic rings. The molecule has 5 heteroatoms. The third-order valence-electron chi connectivity index (χ3n) is 2.11. The van der Waals surface area contributed by atoms with Gasteiger partial charge in [-0.2, -0.15) is 0 Å². The van der Waals surface area contributed by atoms with Crippen molar-refractivity contribution in [3.63, 3.8) is 0 Å². The smallest absolute Gasteiger partial charge is 0.219 e. The Bertz CT molecular complexity index is 536. The monoisotopic (exact) mass is 228 g/mol. The minimum Gasteiger partial charge on any atom is -0.437 e. The fraction of sp³-hybridized carbons (Fsp3) is 0.0833. The Balaban J connectivity index is 2.21. The Morgan fingerprint density at radius 3 is 2.76 bits per heavy atom. The normalized spacial score (nSPS) is 9.94. The highest BCUT2D eigenvalue weighted by atomic mass is 16.5. The van der Waals surface area contributed by atoms with Crippen LogP contribution < -0.4 is 10.5 Å². The number of amidine groups is 1. The maximum atomic E-state index is 7.29. The molecule has 0 saturated heterocycles. The number of nitrogens with two attached hydrogens (primary N) is 1. The molecule has 0 amide bonds. The van der Waals surface area contributed by atoms with Crippen LogP contribution in [-0.4, -0.2) is 15.8 Å². The van der Waals surface area contributed by atoms with Crippen LogP contribution in [0.4, 0.5) is 0 Å². The summed E-state index contributed by atoms with van der Waals surface area (Å²) in [6, 6.07) is 8.75. The van der Waals surface area contributed by atoms with E-state index in [4.69, 9.17) is 15.9 Å². The predicted octanol–water partition coefficient (Wildman–Crippen LogP) is 1.86. The van der Waals surface area contributed by atoms with Crippen molar-refractivity contribution in [3.05, 3.63) is 47.9 Å². The van der Waals surface area contributed by atoms with Gasteiger partial charge in [-0.3, -0.25) is 10.4 Å². The van der Waals surface area contributed by atoms with Gasteiger partial charge in [0.2, 0.25) is 5.88 Å². The molecule has 0 atom stereocenters. The van der Waals surface area contributed by atoms with Crippen LogP contribution in [0.25, 0.3) is 0 Å². The van der Waals surface area contributed by atoms with E-state index in [-0.39, 0.29) is 5.84 Å². The lowest BCUT2D eigenvalue weighted by molar-refractivity contribution is 0.460. The van der Waals surface area contributed by atoms with E-state index < -0.39 is 0 Å². The fourth-order valence-electron chi connectivity index (χ4n) is 1.26. The average Bonchev–Trinajstić information content (AvgIpc) is 2.32. The number of aryl methyl sites for hydroxylation is 1. The topological polar surface area (TPSA) is 84.9 Å². The van der Waals surface area contributed by atoms with E-state index in [1.54, 1.807) is 24.4 Å². The average molecular weight is 228 g/mol. The van der Waals surface area contributed by atoms with Gasteiger partial charge in [0.1, 0.15) is 17.3 Å².